The summed E-state index contributed by atoms with van der Waals surface area (Å²) in [7, 11) is 0. The van der Waals surface area contributed by atoms with Gasteiger partial charge in [-0.05, 0) is 130 Å². The molecule has 0 unspecified atom stereocenters. The summed E-state index contributed by atoms with van der Waals surface area (Å²) in [4.78, 5) is 7.35. The normalized spacial score (nSPS) is 13.0. The molecule has 0 saturated heterocycles. The van der Waals surface area contributed by atoms with Crippen LogP contribution in [0, 0.1) is 0 Å². The number of rotatable bonds is 7. The van der Waals surface area contributed by atoms with Crippen LogP contribution in [0.25, 0.3) is 44.2 Å². The fourth-order valence-corrected chi connectivity index (χ4v) is 11.8. The van der Waals surface area contributed by atoms with E-state index in [1.54, 1.807) is 0 Å². The van der Waals surface area contributed by atoms with E-state index < -0.39 is 5.41 Å². The van der Waals surface area contributed by atoms with Crippen molar-refractivity contribution in [2.45, 2.75) is 15.2 Å². The van der Waals surface area contributed by atoms with E-state index in [2.05, 4.69) is 252 Å². The molecular formula is C61H40N2OS. The molecule has 2 aliphatic rings. The molecule has 2 heterocycles. The van der Waals surface area contributed by atoms with Gasteiger partial charge in [0, 0.05) is 54.6 Å². The summed E-state index contributed by atoms with van der Waals surface area (Å²) in [5, 5.41) is 2.18. The predicted molar refractivity (Wildman–Crippen MR) is 270 cm³/mol. The second-order valence-corrected chi connectivity index (χ2v) is 17.9. The van der Waals surface area contributed by atoms with Crippen LogP contribution >= 0.6 is 11.8 Å². The predicted octanol–water partition coefficient (Wildman–Crippen LogP) is 17.0. The third kappa shape index (κ3) is 5.77. The quantitative estimate of drug-likeness (QED) is 0.159. The highest BCUT2D eigenvalue weighted by molar-refractivity contribution is 7.99. The van der Waals surface area contributed by atoms with Crippen LogP contribution in [0.2, 0.25) is 0 Å². The third-order valence-electron chi connectivity index (χ3n) is 13.3. The molecule has 0 atom stereocenters. The first kappa shape index (κ1) is 37.5. The van der Waals surface area contributed by atoms with Gasteiger partial charge in [0.1, 0.15) is 11.2 Å². The van der Waals surface area contributed by atoms with E-state index in [0.717, 1.165) is 67.2 Å². The molecule has 4 heteroatoms. The maximum atomic E-state index is 6.65. The third-order valence-corrected chi connectivity index (χ3v) is 14.5. The van der Waals surface area contributed by atoms with Crippen molar-refractivity contribution in [3.63, 3.8) is 0 Å². The van der Waals surface area contributed by atoms with Crippen LogP contribution in [-0.2, 0) is 5.41 Å². The molecule has 1 aromatic heterocycles. The first-order valence-electron chi connectivity index (χ1n) is 22.2. The van der Waals surface area contributed by atoms with Crippen LogP contribution in [0.15, 0.2) is 257 Å². The monoisotopic (exact) mass is 848 g/mol. The lowest BCUT2D eigenvalue weighted by molar-refractivity contribution is 0.669. The summed E-state index contributed by atoms with van der Waals surface area (Å²) in [6, 6.07) is 88.1. The Morgan fingerprint density at radius 3 is 1.52 bits per heavy atom. The Labute approximate surface area is 382 Å². The summed E-state index contributed by atoms with van der Waals surface area (Å²) >= 11 is 1.88. The van der Waals surface area contributed by atoms with Crippen LogP contribution < -0.4 is 9.80 Å². The van der Waals surface area contributed by atoms with E-state index in [-0.39, 0.29) is 0 Å². The van der Waals surface area contributed by atoms with Gasteiger partial charge in [0.25, 0.3) is 0 Å². The number of nitrogens with zero attached hydrogens (tertiary/aromatic N) is 2. The molecule has 13 rings (SSSR count). The summed E-state index contributed by atoms with van der Waals surface area (Å²) in [6.07, 6.45) is 0. The number of furan rings is 1. The zero-order chi connectivity index (χ0) is 42.9. The Hall–Kier alpha value is -8.05. The molecule has 65 heavy (non-hydrogen) atoms. The Bertz CT molecular complexity index is 3500. The van der Waals surface area contributed by atoms with Crippen LogP contribution in [0.3, 0.4) is 0 Å². The topological polar surface area (TPSA) is 19.6 Å². The van der Waals surface area contributed by atoms with E-state index in [1.807, 2.05) is 11.8 Å². The lowest BCUT2D eigenvalue weighted by atomic mass is 9.67. The van der Waals surface area contributed by atoms with Crippen LogP contribution in [0.5, 0.6) is 0 Å². The number of anilines is 6. The summed E-state index contributed by atoms with van der Waals surface area (Å²) in [5.41, 5.74) is 17.7. The van der Waals surface area contributed by atoms with E-state index in [1.165, 1.54) is 43.2 Å². The molecule has 0 amide bonds. The van der Waals surface area contributed by atoms with Crippen molar-refractivity contribution >= 4 is 67.8 Å². The first-order valence-corrected chi connectivity index (χ1v) is 23.0. The maximum Gasteiger partial charge on any atom is 0.136 e. The van der Waals surface area contributed by atoms with Crippen LogP contribution in [0.4, 0.5) is 34.1 Å². The molecule has 0 bridgehead atoms. The zero-order valence-corrected chi connectivity index (χ0v) is 36.1. The van der Waals surface area contributed by atoms with E-state index in [0.29, 0.717) is 0 Å². The Morgan fingerprint density at radius 1 is 0.354 bits per heavy atom. The van der Waals surface area contributed by atoms with Crippen LogP contribution in [-0.4, -0.2) is 0 Å². The van der Waals surface area contributed by atoms with Gasteiger partial charge in [0.2, 0.25) is 0 Å². The number of benzene rings is 10. The number of hydrogen-bond donors (Lipinski definition) is 0. The van der Waals surface area contributed by atoms with Gasteiger partial charge in [-0.15, -0.1) is 0 Å². The summed E-state index contributed by atoms with van der Waals surface area (Å²) < 4.78 is 6.65. The van der Waals surface area contributed by atoms with Crippen molar-refractivity contribution in [1.29, 1.82) is 0 Å². The minimum absolute atomic E-state index is 0.504. The van der Waals surface area contributed by atoms with Crippen molar-refractivity contribution in [3.05, 3.63) is 265 Å². The largest absolute Gasteiger partial charge is 0.456 e. The molecular weight excluding hydrogens is 809 g/mol. The minimum atomic E-state index is -0.504. The second kappa shape index (κ2) is 15.0. The fraction of sp³-hybridized carbons (Fsp3) is 0.0164. The Morgan fingerprint density at radius 2 is 0.862 bits per heavy atom. The maximum absolute atomic E-state index is 6.65. The molecule has 0 radical (unpaired) electrons. The van der Waals surface area contributed by atoms with Gasteiger partial charge in [-0.3, -0.25) is 0 Å². The Kier molecular flexibility index (Phi) is 8.68. The van der Waals surface area contributed by atoms with E-state index in [4.69, 9.17) is 4.42 Å². The lowest BCUT2D eigenvalue weighted by Gasteiger charge is -2.40. The molecule has 3 nitrogen and oxygen atoms in total. The molecule has 10 aromatic carbocycles. The number of fused-ring (bicyclic) bond motifs is 12. The highest BCUT2D eigenvalue weighted by Crippen LogP contribution is 2.63. The van der Waals surface area contributed by atoms with Gasteiger partial charge in [0.05, 0.1) is 11.1 Å². The smallest absolute Gasteiger partial charge is 0.136 e. The number of para-hydroxylation sites is 4. The first-order chi connectivity index (χ1) is 32.3. The van der Waals surface area contributed by atoms with E-state index >= 15 is 0 Å². The minimum Gasteiger partial charge on any atom is -0.456 e. The zero-order valence-electron chi connectivity index (χ0n) is 35.3. The highest BCUT2D eigenvalue weighted by atomic mass is 32.2. The fourth-order valence-electron chi connectivity index (χ4n) is 10.6. The van der Waals surface area contributed by atoms with Gasteiger partial charge in [0.15, 0.2) is 0 Å². The van der Waals surface area contributed by atoms with Gasteiger partial charge >= 0.3 is 0 Å². The average molecular weight is 849 g/mol. The molecule has 0 fully saturated rings. The van der Waals surface area contributed by atoms with Gasteiger partial charge in [-0.2, -0.15) is 0 Å². The van der Waals surface area contributed by atoms with Crippen molar-refractivity contribution in [3.8, 4) is 22.3 Å². The van der Waals surface area contributed by atoms with Crippen molar-refractivity contribution in [1.82, 2.24) is 0 Å². The molecule has 1 aliphatic carbocycles. The van der Waals surface area contributed by atoms with Gasteiger partial charge in [-0.25, -0.2) is 0 Å². The van der Waals surface area contributed by atoms with Crippen molar-refractivity contribution < 1.29 is 4.42 Å². The molecule has 11 aromatic rings. The molecule has 306 valence electrons. The second-order valence-electron chi connectivity index (χ2n) is 16.8. The van der Waals surface area contributed by atoms with Crippen molar-refractivity contribution in [2.75, 3.05) is 9.80 Å². The molecule has 1 aliphatic heterocycles. The molecule has 0 saturated carbocycles. The summed E-state index contributed by atoms with van der Waals surface area (Å²) in [6.45, 7) is 0. The van der Waals surface area contributed by atoms with Crippen molar-refractivity contribution in [2.24, 2.45) is 0 Å². The highest BCUT2D eigenvalue weighted by Gasteiger charge is 2.50. The van der Waals surface area contributed by atoms with Gasteiger partial charge < -0.3 is 14.2 Å². The standard InChI is InChI=1S/C61H40N2OS/c1-4-18-42(19-5-1)62(43-20-6-2-7-21-43)45-34-32-41(33-35-45)59-54(38-39-56-60(59)49-25-11-15-29-55(49)64-56)63(44-22-8-3-9-23-44)46-36-37-48-47-24-10-12-26-50(47)61(53(48)40-46)51-27-13-16-30-57(51)65-58-31-17-14-28-52(58)61/h1-40H. The van der Waals surface area contributed by atoms with Gasteiger partial charge in [-0.1, -0.05) is 163 Å². The van der Waals surface area contributed by atoms with E-state index in [9.17, 15) is 0 Å². The number of hydrogen-bond acceptors (Lipinski definition) is 4. The Balaban J connectivity index is 1.06. The molecule has 0 N–H and O–H groups in total. The lowest BCUT2D eigenvalue weighted by Crippen LogP contribution is -2.32. The van der Waals surface area contributed by atoms with Crippen LogP contribution in [0.1, 0.15) is 22.3 Å². The average Bonchev–Trinajstić information content (AvgIpc) is 3.89. The summed E-state index contributed by atoms with van der Waals surface area (Å²) in [5.74, 6) is 0. The molecule has 1 spiro atoms. The SMILES string of the molecule is c1ccc(N(c2ccccc2)c2ccc(-c3c(N(c4ccccc4)c4ccc5c(c4)C4(c6ccccc6Sc6ccccc64)c4ccccc4-5)ccc4oc5ccccc5c34)cc2)cc1.